The van der Waals surface area contributed by atoms with Gasteiger partial charge in [-0.3, -0.25) is 4.79 Å². The number of nitrogens with one attached hydrogen (secondary N) is 3. The summed E-state index contributed by atoms with van der Waals surface area (Å²) in [5, 5.41) is 6.08. The fourth-order valence-corrected chi connectivity index (χ4v) is 2.29. The van der Waals surface area contributed by atoms with Crippen LogP contribution in [0.2, 0.25) is 0 Å². The molecular formula is C13H17ClN4O. The number of halogens is 1. The Hall–Kier alpha value is -1.59. The Morgan fingerprint density at radius 1 is 1.42 bits per heavy atom. The molecule has 1 aromatic heterocycles. The van der Waals surface area contributed by atoms with Crippen molar-refractivity contribution in [3.8, 4) is 0 Å². The molecule has 0 aliphatic carbocycles. The van der Waals surface area contributed by atoms with Crippen LogP contribution in [0.3, 0.4) is 0 Å². The number of imidazole rings is 1. The average Bonchev–Trinajstić information content (AvgIpc) is 3.04. The quantitative estimate of drug-likeness (QED) is 0.795. The molecule has 3 N–H and O–H groups in total. The van der Waals surface area contributed by atoms with Crippen LogP contribution in [0.15, 0.2) is 24.3 Å². The van der Waals surface area contributed by atoms with Gasteiger partial charge in [0.2, 0.25) is 5.91 Å². The second-order valence-corrected chi connectivity index (χ2v) is 4.57. The highest BCUT2D eigenvalue weighted by Gasteiger charge is 2.21. The van der Waals surface area contributed by atoms with E-state index in [0.717, 1.165) is 36.2 Å². The third kappa shape index (κ3) is 3.05. The molecule has 2 heterocycles. The summed E-state index contributed by atoms with van der Waals surface area (Å²) in [6, 6.07) is 7.82. The van der Waals surface area contributed by atoms with Gasteiger partial charge in [0.25, 0.3) is 0 Å². The number of benzene rings is 1. The number of para-hydroxylation sites is 2. The third-order valence-electron chi connectivity index (χ3n) is 3.25. The maximum atomic E-state index is 11.8. The number of amides is 1. The molecule has 1 unspecified atom stereocenters. The van der Waals surface area contributed by atoms with Gasteiger partial charge < -0.3 is 15.6 Å². The van der Waals surface area contributed by atoms with Gasteiger partial charge in [-0.25, -0.2) is 4.98 Å². The van der Waals surface area contributed by atoms with E-state index >= 15 is 0 Å². The monoisotopic (exact) mass is 280 g/mol. The Morgan fingerprint density at radius 2 is 2.26 bits per heavy atom. The number of rotatable bonds is 3. The minimum absolute atomic E-state index is 0. The van der Waals surface area contributed by atoms with E-state index in [-0.39, 0.29) is 24.4 Å². The molecule has 19 heavy (non-hydrogen) atoms. The first-order valence-corrected chi connectivity index (χ1v) is 6.27. The van der Waals surface area contributed by atoms with Crippen molar-refractivity contribution in [2.45, 2.75) is 25.4 Å². The van der Waals surface area contributed by atoms with E-state index < -0.39 is 0 Å². The summed E-state index contributed by atoms with van der Waals surface area (Å²) in [6.45, 7) is 1.38. The van der Waals surface area contributed by atoms with Crippen molar-refractivity contribution in [1.82, 2.24) is 20.6 Å². The lowest BCUT2D eigenvalue weighted by Gasteiger charge is -2.09. The Balaban J connectivity index is 0.00000133. The summed E-state index contributed by atoms with van der Waals surface area (Å²) in [5.74, 6) is 0.857. The largest absolute Gasteiger partial charge is 0.348 e. The van der Waals surface area contributed by atoms with E-state index in [4.69, 9.17) is 0 Å². The summed E-state index contributed by atoms with van der Waals surface area (Å²) in [6.07, 6.45) is 1.99. The molecule has 5 nitrogen and oxygen atoms in total. The van der Waals surface area contributed by atoms with Gasteiger partial charge in [0, 0.05) is 0 Å². The second-order valence-electron chi connectivity index (χ2n) is 4.57. The van der Waals surface area contributed by atoms with Gasteiger partial charge in [-0.2, -0.15) is 0 Å². The molecule has 1 aliphatic rings. The fourth-order valence-electron chi connectivity index (χ4n) is 2.29. The van der Waals surface area contributed by atoms with Gasteiger partial charge in [-0.1, -0.05) is 12.1 Å². The first-order chi connectivity index (χ1) is 8.83. The van der Waals surface area contributed by atoms with Crippen LogP contribution in [0.1, 0.15) is 18.7 Å². The summed E-state index contributed by atoms with van der Waals surface area (Å²) < 4.78 is 0. The zero-order valence-electron chi connectivity index (χ0n) is 10.5. The molecule has 102 valence electrons. The van der Waals surface area contributed by atoms with Crippen molar-refractivity contribution >= 4 is 29.3 Å². The Morgan fingerprint density at radius 3 is 3.00 bits per heavy atom. The molecule has 6 heteroatoms. The molecule has 2 aromatic rings. The standard InChI is InChI=1S/C13H16N4O.ClH/c18-13(11-6-3-7-14-11)15-8-12-16-9-4-1-2-5-10(9)17-12;/h1-2,4-5,11,14H,3,6-8H2,(H,15,18)(H,16,17);1H. The minimum Gasteiger partial charge on any atom is -0.348 e. The highest BCUT2D eigenvalue weighted by atomic mass is 35.5. The molecule has 1 amide bonds. The number of hydrogen-bond donors (Lipinski definition) is 3. The number of hydrogen-bond acceptors (Lipinski definition) is 3. The van der Waals surface area contributed by atoms with Gasteiger partial charge in [0.05, 0.1) is 23.6 Å². The van der Waals surface area contributed by atoms with Crippen molar-refractivity contribution in [2.75, 3.05) is 6.54 Å². The van der Waals surface area contributed by atoms with Gasteiger partial charge >= 0.3 is 0 Å². The summed E-state index contributed by atoms with van der Waals surface area (Å²) in [4.78, 5) is 19.4. The molecule has 1 aliphatic heterocycles. The van der Waals surface area contributed by atoms with E-state index in [1.807, 2.05) is 24.3 Å². The van der Waals surface area contributed by atoms with E-state index in [2.05, 4.69) is 20.6 Å². The van der Waals surface area contributed by atoms with Gasteiger partial charge in [0.15, 0.2) is 0 Å². The van der Waals surface area contributed by atoms with Crippen molar-refractivity contribution < 1.29 is 4.79 Å². The van der Waals surface area contributed by atoms with Gasteiger partial charge in [-0.05, 0) is 31.5 Å². The summed E-state index contributed by atoms with van der Waals surface area (Å²) in [5.41, 5.74) is 1.93. The third-order valence-corrected chi connectivity index (χ3v) is 3.25. The number of carbonyl (C=O) groups is 1. The molecule has 1 fully saturated rings. The van der Waals surface area contributed by atoms with Crippen LogP contribution in [-0.2, 0) is 11.3 Å². The Labute approximate surface area is 117 Å². The first-order valence-electron chi connectivity index (χ1n) is 6.27. The number of nitrogens with zero attached hydrogens (tertiary/aromatic N) is 1. The van der Waals surface area contributed by atoms with E-state index in [0.29, 0.717) is 6.54 Å². The molecule has 1 aromatic carbocycles. The zero-order valence-corrected chi connectivity index (χ0v) is 11.3. The number of H-pyrrole nitrogens is 1. The predicted octanol–water partition coefficient (Wildman–Crippen LogP) is 1.35. The maximum absolute atomic E-state index is 11.8. The molecule has 3 rings (SSSR count). The van der Waals surface area contributed by atoms with Crippen LogP contribution in [0.25, 0.3) is 11.0 Å². The molecule has 1 atom stereocenters. The van der Waals surface area contributed by atoms with Crippen LogP contribution in [0.4, 0.5) is 0 Å². The molecule has 0 bridgehead atoms. The fraction of sp³-hybridized carbons (Fsp3) is 0.385. The number of fused-ring (bicyclic) bond motifs is 1. The van der Waals surface area contributed by atoms with Gasteiger partial charge in [0.1, 0.15) is 5.82 Å². The lowest BCUT2D eigenvalue weighted by molar-refractivity contribution is -0.122. The highest BCUT2D eigenvalue weighted by Crippen LogP contribution is 2.10. The van der Waals surface area contributed by atoms with Crippen molar-refractivity contribution in [3.63, 3.8) is 0 Å². The first kappa shape index (κ1) is 13.8. The molecule has 0 spiro atoms. The van der Waals surface area contributed by atoms with Gasteiger partial charge in [-0.15, -0.1) is 12.4 Å². The normalized spacial score (nSPS) is 18.2. The SMILES string of the molecule is Cl.O=C(NCc1nc2ccccc2[nH]1)C1CCCN1. The van der Waals surface area contributed by atoms with Crippen LogP contribution in [0, 0.1) is 0 Å². The lowest BCUT2D eigenvalue weighted by atomic mass is 10.2. The molecule has 1 saturated heterocycles. The molecule has 0 radical (unpaired) electrons. The highest BCUT2D eigenvalue weighted by molar-refractivity contribution is 5.85. The smallest absolute Gasteiger partial charge is 0.237 e. The molecule has 0 saturated carbocycles. The summed E-state index contributed by atoms with van der Waals surface area (Å²) >= 11 is 0. The number of aromatic nitrogens is 2. The van der Waals surface area contributed by atoms with Crippen LogP contribution in [-0.4, -0.2) is 28.5 Å². The number of aromatic amines is 1. The van der Waals surface area contributed by atoms with Crippen molar-refractivity contribution in [1.29, 1.82) is 0 Å². The van der Waals surface area contributed by atoms with E-state index in [1.54, 1.807) is 0 Å². The van der Waals surface area contributed by atoms with Crippen LogP contribution in [0.5, 0.6) is 0 Å². The Bertz CT molecular complexity index is 530. The zero-order chi connectivity index (χ0) is 12.4. The lowest BCUT2D eigenvalue weighted by Crippen LogP contribution is -2.40. The summed E-state index contributed by atoms with van der Waals surface area (Å²) in [7, 11) is 0. The molecular weight excluding hydrogens is 264 g/mol. The Kier molecular flexibility index (Phi) is 4.39. The van der Waals surface area contributed by atoms with E-state index in [1.165, 1.54) is 0 Å². The predicted molar refractivity (Wildman–Crippen MR) is 76.2 cm³/mol. The van der Waals surface area contributed by atoms with Crippen LogP contribution >= 0.6 is 12.4 Å². The second kappa shape index (κ2) is 6.04. The topological polar surface area (TPSA) is 69.8 Å². The van der Waals surface area contributed by atoms with Crippen LogP contribution < -0.4 is 10.6 Å². The van der Waals surface area contributed by atoms with Crippen molar-refractivity contribution in [3.05, 3.63) is 30.1 Å². The maximum Gasteiger partial charge on any atom is 0.237 e. The van der Waals surface area contributed by atoms with Crippen molar-refractivity contribution in [2.24, 2.45) is 0 Å². The van der Waals surface area contributed by atoms with E-state index in [9.17, 15) is 4.79 Å². The number of carbonyl (C=O) groups excluding carboxylic acids is 1. The average molecular weight is 281 g/mol. The minimum atomic E-state index is -0.0330.